The van der Waals surface area contributed by atoms with Crippen LogP contribution in [0.1, 0.15) is 20.8 Å². The predicted molar refractivity (Wildman–Crippen MR) is 204 cm³/mol. The Kier molecular flexibility index (Phi) is 10.9. The molecular weight excluding hydrogens is 654 g/mol. The third-order valence-electron chi connectivity index (χ3n) is 7.29. The quantitative estimate of drug-likeness (QED) is 0.159. The van der Waals surface area contributed by atoms with Gasteiger partial charge in [0.25, 0.3) is 0 Å². The van der Waals surface area contributed by atoms with Gasteiger partial charge in [-0.25, -0.2) is 0 Å². The van der Waals surface area contributed by atoms with Crippen molar-refractivity contribution in [3.05, 3.63) is 162 Å². The van der Waals surface area contributed by atoms with Crippen LogP contribution in [0.2, 0.25) is 5.02 Å². The zero-order valence-corrected chi connectivity index (χ0v) is 28.8. The minimum atomic E-state index is 0.747. The average Bonchev–Trinajstić information content (AvgIpc) is 3.71. The van der Waals surface area contributed by atoms with Gasteiger partial charge in [0.05, 0.1) is 11.0 Å². The third-order valence-corrected chi connectivity index (χ3v) is 9.22. The fourth-order valence-electron chi connectivity index (χ4n) is 5.28. The van der Waals surface area contributed by atoms with Crippen LogP contribution in [-0.2, 0) is 0 Å². The molecule has 45 heavy (non-hydrogen) atoms. The Hall–Kier alpha value is -4.15. The molecule has 2 aromatic heterocycles. The third kappa shape index (κ3) is 7.23. The first-order valence-electron chi connectivity index (χ1n) is 15.0. The summed E-state index contributed by atoms with van der Waals surface area (Å²) in [5.41, 5.74) is 8.33. The number of halogens is 2. The number of hydrogen-bond acceptors (Lipinski definition) is 1. The molecule has 5 aromatic carbocycles. The fraction of sp³-hybridized carbons (Fsp3) is 0.0732. The molecule has 0 fully saturated rings. The summed E-state index contributed by atoms with van der Waals surface area (Å²) in [6, 6.07) is 45.2. The van der Waals surface area contributed by atoms with Gasteiger partial charge in [-0.15, -0.1) is 11.3 Å². The lowest BCUT2D eigenvalue weighted by molar-refractivity contribution is 1.18. The highest BCUT2D eigenvalue weighted by Crippen LogP contribution is 2.39. The summed E-state index contributed by atoms with van der Waals surface area (Å²) in [5, 5.41) is 3.19. The van der Waals surface area contributed by atoms with E-state index in [9.17, 15) is 0 Å². The lowest BCUT2D eigenvalue weighted by Crippen LogP contribution is -1.94. The number of benzene rings is 5. The molecule has 0 aliphatic carbocycles. The van der Waals surface area contributed by atoms with Crippen molar-refractivity contribution >= 4 is 60.7 Å². The molecule has 0 bridgehead atoms. The van der Waals surface area contributed by atoms with E-state index in [1.807, 2.05) is 56.4 Å². The maximum absolute atomic E-state index is 6.14. The van der Waals surface area contributed by atoms with Gasteiger partial charge in [0.1, 0.15) is 0 Å². The standard InChI is InChI=1S/C34H21BrClNS.C5H8.C2H6/c35-26-12-16-32-30(21-26)29-20-24(22-9-13-27(36)14-10-22)11-15-31(29)37(32)28-8-4-7-25(19-28)34-18-17-33(38-34)23-5-2-1-3-6-23;1-3-5-4-2;1-2/h1-21H;3-5H,1H2,2H3;1-2H3/b;5-4-;. The zero-order valence-electron chi connectivity index (χ0n) is 25.7. The number of fused-ring (bicyclic) bond motifs is 3. The average molecular weight is 689 g/mol. The van der Waals surface area contributed by atoms with Gasteiger partial charge in [-0.3, -0.25) is 0 Å². The molecule has 1 nitrogen and oxygen atoms in total. The number of nitrogens with zero attached hydrogens (tertiary/aromatic N) is 1. The van der Waals surface area contributed by atoms with Gasteiger partial charge >= 0.3 is 0 Å². The Bertz CT molecular complexity index is 2070. The molecule has 7 rings (SSSR count). The van der Waals surface area contributed by atoms with Gasteiger partial charge in [0.15, 0.2) is 0 Å². The minimum Gasteiger partial charge on any atom is -0.309 e. The second-order valence-corrected chi connectivity index (χ2v) is 12.5. The van der Waals surface area contributed by atoms with E-state index in [4.69, 9.17) is 11.6 Å². The number of allylic oxidation sites excluding steroid dienone is 3. The van der Waals surface area contributed by atoms with Crippen LogP contribution in [0.25, 0.3) is 59.5 Å². The Morgan fingerprint density at radius 2 is 1.27 bits per heavy atom. The Labute approximate surface area is 283 Å². The summed E-state index contributed by atoms with van der Waals surface area (Å²) in [7, 11) is 0. The second-order valence-electron chi connectivity index (χ2n) is 10.1. The topological polar surface area (TPSA) is 4.93 Å². The van der Waals surface area contributed by atoms with Gasteiger partial charge in [-0.05, 0) is 95.9 Å². The van der Waals surface area contributed by atoms with Crippen LogP contribution >= 0.6 is 38.9 Å². The largest absolute Gasteiger partial charge is 0.309 e. The lowest BCUT2D eigenvalue weighted by atomic mass is 10.0. The number of hydrogen-bond donors (Lipinski definition) is 0. The molecule has 0 radical (unpaired) electrons. The van der Waals surface area contributed by atoms with Crippen molar-refractivity contribution in [2.45, 2.75) is 20.8 Å². The van der Waals surface area contributed by atoms with Gasteiger partial charge in [-0.1, -0.05) is 127 Å². The van der Waals surface area contributed by atoms with Crippen molar-refractivity contribution in [1.29, 1.82) is 0 Å². The van der Waals surface area contributed by atoms with Gasteiger partial charge in [0.2, 0.25) is 0 Å². The van der Waals surface area contributed by atoms with Gasteiger partial charge in [-0.2, -0.15) is 0 Å². The van der Waals surface area contributed by atoms with E-state index in [0.717, 1.165) is 20.7 Å². The molecule has 0 atom stereocenters. The van der Waals surface area contributed by atoms with E-state index < -0.39 is 0 Å². The van der Waals surface area contributed by atoms with Crippen LogP contribution in [-0.4, -0.2) is 4.57 Å². The van der Waals surface area contributed by atoms with E-state index >= 15 is 0 Å². The molecular formula is C41H35BrClNS. The summed E-state index contributed by atoms with van der Waals surface area (Å²) >= 11 is 11.7. The van der Waals surface area contributed by atoms with Crippen molar-refractivity contribution in [2.75, 3.05) is 0 Å². The Morgan fingerprint density at radius 1 is 0.644 bits per heavy atom. The lowest BCUT2D eigenvalue weighted by Gasteiger charge is -2.10. The molecule has 224 valence electrons. The fourth-order valence-corrected chi connectivity index (χ4v) is 6.78. The molecule has 0 saturated carbocycles. The van der Waals surface area contributed by atoms with E-state index in [-0.39, 0.29) is 0 Å². The summed E-state index contributed by atoms with van der Waals surface area (Å²) in [5.74, 6) is 0. The van der Waals surface area contributed by atoms with E-state index in [1.54, 1.807) is 6.08 Å². The van der Waals surface area contributed by atoms with Crippen LogP contribution in [0.4, 0.5) is 0 Å². The summed E-state index contributed by atoms with van der Waals surface area (Å²) in [6.07, 6.45) is 5.58. The molecule has 0 amide bonds. The maximum Gasteiger partial charge on any atom is 0.0541 e. The van der Waals surface area contributed by atoms with Crippen LogP contribution in [0.3, 0.4) is 0 Å². The van der Waals surface area contributed by atoms with Crippen molar-refractivity contribution < 1.29 is 0 Å². The minimum absolute atomic E-state index is 0.747. The molecule has 2 heterocycles. The number of thiophene rings is 1. The van der Waals surface area contributed by atoms with Crippen molar-refractivity contribution in [3.63, 3.8) is 0 Å². The maximum atomic E-state index is 6.14. The number of rotatable bonds is 5. The van der Waals surface area contributed by atoms with Crippen molar-refractivity contribution in [3.8, 4) is 37.7 Å². The molecule has 0 unspecified atom stereocenters. The first kappa shape index (κ1) is 32.2. The van der Waals surface area contributed by atoms with Crippen molar-refractivity contribution in [2.24, 2.45) is 0 Å². The van der Waals surface area contributed by atoms with Crippen LogP contribution in [0, 0.1) is 0 Å². The summed E-state index contributed by atoms with van der Waals surface area (Å²) in [4.78, 5) is 2.54. The molecule has 4 heteroatoms. The Morgan fingerprint density at radius 3 is 1.93 bits per heavy atom. The molecule has 0 spiro atoms. The smallest absolute Gasteiger partial charge is 0.0541 e. The molecule has 0 aliphatic rings. The van der Waals surface area contributed by atoms with E-state index in [2.05, 4.69) is 142 Å². The highest BCUT2D eigenvalue weighted by molar-refractivity contribution is 9.10. The SMILES string of the molecule is C=C/C=C\C.CC.Clc1ccc(-c2ccc3c(c2)c2cc(Br)ccc2n3-c2cccc(-c3ccc(-c4ccccc4)s3)c2)cc1. The molecule has 0 saturated heterocycles. The zero-order chi connectivity index (χ0) is 31.8. The van der Waals surface area contributed by atoms with E-state index in [1.165, 1.54) is 48.3 Å². The highest BCUT2D eigenvalue weighted by atomic mass is 79.9. The highest BCUT2D eigenvalue weighted by Gasteiger charge is 2.15. The predicted octanol–water partition coefficient (Wildman–Crippen LogP) is 14.0. The summed E-state index contributed by atoms with van der Waals surface area (Å²) < 4.78 is 3.44. The monoisotopic (exact) mass is 687 g/mol. The van der Waals surface area contributed by atoms with E-state index in [0.29, 0.717) is 0 Å². The second kappa shape index (κ2) is 15.2. The van der Waals surface area contributed by atoms with Crippen LogP contribution in [0.5, 0.6) is 0 Å². The number of aromatic nitrogens is 1. The molecule has 0 aliphatic heterocycles. The summed E-state index contributed by atoms with van der Waals surface area (Å²) in [6.45, 7) is 9.42. The molecule has 0 N–H and O–H groups in total. The normalized spacial score (nSPS) is 10.8. The van der Waals surface area contributed by atoms with Gasteiger partial charge < -0.3 is 4.57 Å². The van der Waals surface area contributed by atoms with Crippen LogP contribution < -0.4 is 0 Å². The first-order chi connectivity index (χ1) is 22.1. The van der Waals surface area contributed by atoms with Crippen LogP contribution in [0.15, 0.2) is 157 Å². The molecule has 7 aromatic rings. The first-order valence-corrected chi connectivity index (χ1v) is 17.0. The van der Waals surface area contributed by atoms with Crippen molar-refractivity contribution in [1.82, 2.24) is 4.57 Å². The van der Waals surface area contributed by atoms with Gasteiger partial charge in [0, 0.05) is 35.7 Å². The Balaban J connectivity index is 0.000000523.